The third kappa shape index (κ3) is 50.0. The molecule has 0 fully saturated rings. The minimum absolute atomic E-state index is 0.0581. The first-order valence-corrected chi connectivity index (χ1v) is 26.5. The summed E-state index contributed by atoms with van der Waals surface area (Å²) in [4.78, 5) is 25.4. The summed E-state index contributed by atoms with van der Waals surface area (Å²) in [7, 11) is 0. The van der Waals surface area contributed by atoms with Crippen molar-refractivity contribution in [1.82, 2.24) is 0 Å². The van der Waals surface area contributed by atoms with Crippen molar-refractivity contribution in [2.45, 2.75) is 258 Å². The zero-order valence-corrected chi connectivity index (χ0v) is 41.1. The highest BCUT2D eigenvalue weighted by Gasteiger charge is 2.17. The van der Waals surface area contributed by atoms with E-state index in [2.05, 4.69) is 93.7 Å². The van der Waals surface area contributed by atoms with Gasteiger partial charge in [-0.05, 0) is 89.9 Å². The average Bonchev–Trinajstić information content (AvgIpc) is 3.27. The summed E-state index contributed by atoms with van der Waals surface area (Å²) in [5, 5.41) is 0. The van der Waals surface area contributed by atoms with Crippen LogP contribution in [0.4, 0.5) is 0 Å². The Hall–Kier alpha value is -2.66. The van der Waals surface area contributed by atoms with E-state index in [4.69, 9.17) is 14.2 Å². The quantitative estimate of drug-likeness (QED) is 0.0346. The summed E-state index contributed by atoms with van der Waals surface area (Å²) in [6.07, 6.45) is 67.7. The standard InChI is InChI=1S/C57H100O5/c1-4-7-10-13-16-19-22-25-28-31-34-37-40-43-46-49-52-60-53-55(62-57(59)51-48-45-42-39-36-33-30-27-24-21-18-15-12-9-6-3)54-61-56(58)50-47-44-41-38-35-32-29-26-23-20-17-14-11-8-5-2/h8,11,17-18,20-21,26-27,29-30,35,38,55H,4-7,9-10,12-16,19,22-25,28,31-34,36-37,39-54H2,1-3H3/b11-8-,20-17-,21-18-,29-26-,30-27-,38-35-/t55-/m1/s1. The lowest BCUT2D eigenvalue weighted by atomic mass is 10.0. The van der Waals surface area contributed by atoms with E-state index in [9.17, 15) is 9.59 Å². The number of allylic oxidation sites excluding steroid dienone is 12. The Morgan fingerprint density at radius 3 is 1.23 bits per heavy atom. The van der Waals surface area contributed by atoms with Crippen molar-refractivity contribution in [2.75, 3.05) is 19.8 Å². The smallest absolute Gasteiger partial charge is 0.306 e. The second-order valence-corrected chi connectivity index (χ2v) is 17.4. The SMILES string of the molecule is CC/C=C\C/C=C\C/C=C\C/C=C\CCCCC(=O)OC[C@@H](COCCCCCCCCCCCCCCCCCC)OC(=O)CCCCCCC/C=C\C/C=C\CCCCC. The first-order valence-electron chi connectivity index (χ1n) is 26.5. The van der Waals surface area contributed by atoms with Crippen LogP contribution in [-0.4, -0.2) is 37.9 Å². The maximum atomic E-state index is 12.8. The number of carbonyl (C=O) groups excluding carboxylic acids is 2. The van der Waals surface area contributed by atoms with E-state index in [1.54, 1.807) is 0 Å². The summed E-state index contributed by atoms with van der Waals surface area (Å²) >= 11 is 0. The largest absolute Gasteiger partial charge is 0.462 e. The molecule has 0 bridgehead atoms. The summed E-state index contributed by atoms with van der Waals surface area (Å²) in [6.45, 7) is 7.65. The highest BCUT2D eigenvalue weighted by atomic mass is 16.6. The molecule has 0 aromatic heterocycles. The van der Waals surface area contributed by atoms with Crippen molar-refractivity contribution in [2.24, 2.45) is 0 Å². The lowest BCUT2D eigenvalue weighted by molar-refractivity contribution is -0.163. The zero-order chi connectivity index (χ0) is 44.9. The van der Waals surface area contributed by atoms with E-state index < -0.39 is 6.10 Å². The number of esters is 2. The highest BCUT2D eigenvalue weighted by molar-refractivity contribution is 5.70. The van der Waals surface area contributed by atoms with Crippen molar-refractivity contribution in [1.29, 1.82) is 0 Å². The third-order valence-electron chi connectivity index (χ3n) is 11.2. The number of carbonyl (C=O) groups is 2. The van der Waals surface area contributed by atoms with Gasteiger partial charge in [0.2, 0.25) is 0 Å². The van der Waals surface area contributed by atoms with Crippen LogP contribution in [0, 0.1) is 0 Å². The van der Waals surface area contributed by atoms with Gasteiger partial charge in [-0.3, -0.25) is 9.59 Å². The Morgan fingerprint density at radius 2 is 0.726 bits per heavy atom. The van der Waals surface area contributed by atoms with Gasteiger partial charge in [-0.25, -0.2) is 0 Å². The van der Waals surface area contributed by atoms with E-state index in [1.165, 1.54) is 128 Å². The lowest BCUT2D eigenvalue weighted by Gasteiger charge is -2.18. The fraction of sp³-hybridized carbons (Fsp3) is 0.754. The Balaban J connectivity index is 4.34. The molecule has 0 aromatic carbocycles. The van der Waals surface area contributed by atoms with Gasteiger partial charge in [-0.15, -0.1) is 0 Å². The van der Waals surface area contributed by atoms with Gasteiger partial charge in [0.25, 0.3) is 0 Å². The van der Waals surface area contributed by atoms with Gasteiger partial charge in [0.15, 0.2) is 6.10 Å². The van der Waals surface area contributed by atoms with Crippen LogP contribution >= 0.6 is 0 Å². The van der Waals surface area contributed by atoms with Crippen molar-refractivity contribution in [3.63, 3.8) is 0 Å². The molecule has 62 heavy (non-hydrogen) atoms. The molecule has 0 saturated carbocycles. The minimum atomic E-state index is -0.560. The van der Waals surface area contributed by atoms with Gasteiger partial charge in [0, 0.05) is 19.4 Å². The maximum absolute atomic E-state index is 12.8. The Labute approximate surface area is 385 Å². The normalized spacial score (nSPS) is 12.8. The number of hydrogen-bond donors (Lipinski definition) is 0. The van der Waals surface area contributed by atoms with Gasteiger partial charge in [-0.1, -0.05) is 222 Å². The van der Waals surface area contributed by atoms with Crippen LogP contribution in [0.2, 0.25) is 0 Å². The van der Waals surface area contributed by atoms with E-state index in [0.29, 0.717) is 19.4 Å². The van der Waals surface area contributed by atoms with Crippen LogP contribution in [0.5, 0.6) is 0 Å². The first-order chi connectivity index (χ1) is 30.6. The zero-order valence-electron chi connectivity index (χ0n) is 41.1. The van der Waals surface area contributed by atoms with Gasteiger partial charge in [-0.2, -0.15) is 0 Å². The molecular weight excluding hydrogens is 765 g/mol. The molecule has 0 aromatic rings. The fourth-order valence-corrected chi connectivity index (χ4v) is 7.30. The number of hydrogen-bond acceptors (Lipinski definition) is 5. The summed E-state index contributed by atoms with van der Waals surface area (Å²) in [5.74, 6) is -0.455. The maximum Gasteiger partial charge on any atom is 0.306 e. The van der Waals surface area contributed by atoms with E-state index >= 15 is 0 Å². The molecule has 0 aliphatic rings. The number of rotatable bonds is 48. The summed E-state index contributed by atoms with van der Waals surface area (Å²) < 4.78 is 17.4. The lowest BCUT2D eigenvalue weighted by Crippen LogP contribution is -2.30. The molecule has 0 unspecified atom stereocenters. The second-order valence-electron chi connectivity index (χ2n) is 17.4. The molecule has 5 heteroatoms. The molecule has 0 spiro atoms. The van der Waals surface area contributed by atoms with E-state index in [0.717, 1.165) is 89.9 Å². The van der Waals surface area contributed by atoms with Gasteiger partial charge >= 0.3 is 11.9 Å². The molecule has 0 aliphatic carbocycles. The van der Waals surface area contributed by atoms with Crippen molar-refractivity contribution in [3.05, 3.63) is 72.9 Å². The molecule has 0 aliphatic heterocycles. The third-order valence-corrected chi connectivity index (χ3v) is 11.2. The molecule has 5 nitrogen and oxygen atoms in total. The highest BCUT2D eigenvalue weighted by Crippen LogP contribution is 2.15. The van der Waals surface area contributed by atoms with Crippen LogP contribution in [-0.2, 0) is 23.8 Å². The van der Waals surface area contributed by atoms with Gasteiger partial charge in [0.1, 0.15) is 6.61 Å². The molecule has 0 rings (SSSR count). The van der Waals surface area contributed by atoms with E-state index in [1.807, 2.05) is 0 Å². The van der Waals surface area contributed by atoms with Crippen LogP contribution in [0.1, 0.15) is 252 Å². The summed E-state index contributed by atoms with van der Waals surface area (Å²) in [6, 6.07) is 0. The molecule has 0 amide bonds. The second kappa shape index (κ2) is 52.7. The van der Waals surface area contributed by atoms with Gasteiger partial charge < -0.3 is 14.2 Å². The number of unbranched alkanes of at least 4 members (excludes halogenated alkanes) is 25. The molecule has 0 N–H and O–H groups in total. The first kappa shape index (κ1) is 59.3. The molecule has 0 radical (unpaired) electrons. The molecule has 0 heterocycles. The van der Waals surface area contributed by atoms with Crippen molar-refractivity contribution in [3.8, 4) is 0 Å². The van der Waals surface area contributed by atoms with Crippen LogP contribution < -0.4 is 0 Å². The fourth-order valence-electron chi connectivity index (χ4n) is 7.30. The van der Waals surface area contributed by atoms with E-state index in [-0.39, 0.29) is 25.2 Å². The topological polar surface area (TPSA) is 61.8 Å². The molecule has 0 saturated heterocycles. The Bertz CT molecular complexity index is 1110. The Morgan fingerprint density at radius 1 is 0.371 bits per heavy atom. The Kier molecular flexibility index (Phi) is 50.4. The van der Waals surface area contributed by atoms with Crippen molar-refractivity contribution < 1.29 is 23.8 Å². The summed E-state index contributed by atoms with van der Waals surface area (Å²) in [5.41, 5.74) is 0. The predicted molar refractivity (Wildman–Crippen MR) is 270 cm³/mol. The van der Waals surface area contributed by atoms with Crippen LogP contribution in [0.15, 0.2) is 72.9 Å². The monoisotopic (exact) mass is 865 g/mol. The molecular formula is C57H100O5. The molecule has 358 valence electrons. The van der Waals surface area contributed by atoms with Gasteiger partial charge in [0.05, 0.1) is 6.61 Å². The number of ether oxygens (including phenoxy) is 3. The van der Waals surface area contributed by atoms with Crippen molar-refractivity contribution >= 4 is 11.9 Å². The van der Waals surface area contributed by atoms with Crippen LogP contribution in [0.3, 0.4) is 0 Å². The predicted octanol–water partition coefficient (Wildman–Crippen LogP) is 17.9. The average molecular weight is 865 g/mol. The minimum Gasteiger partial charge on any atom is -0.462 e. The van der Waals surface area contributed by atoms with Crippen LogP contribution in [0.25, 0.3) is 0 Å². The molecule has 1 atom stereocenters.